The van der Waals surface area contributed by atoms with Crippen LogP contribution in [0.15, 0.2) is 27.6 Å². The molecule has 3 heteroatoms. The average molecular weight is 264 g/mol. The standard InChI is InChI=1S/C9H8BrClS/c10-8-4-3-7(5-9(8)11)12-6-1-2-6/h3-6H,1-2H2. The molecule has 1 aliphatic carbocycles. The molecule has 0 bridgehead atoms. The smallest absolute Gasteiger partial charge is 0.0559 e. The molecule has 0 atom stereocenters. The van der Waals surface area contributed by atoms with E-state index in [1.54, 1.807) is 0 Å². The quantitative estimate of drug-likeness (QED) is 0.764. The average Bonchev–Trinajstić information content (AvgIpc) is 2.81. The van der Waals surface area contributed by atoms with Crippen LogP contribution in [0.25, 0.3) is 0 Å². The Balaban J connectivity index is 2.15. The molecule has 0 saturated heterocycles. The summed E-state index contributed by atoms with van der Waals surface area (Å²) < 4.78 is 0.976. The van der Waals surface area contributed by atoms with E-state index in [4.69, 9.17) is 11.6 Å². The van der Waals surface area contributed by atoms with Crippen molar-refractivity contribution in [2.24, 2.45) is 0 Å². The topological polar surface area (TPSA) is 0 Å². The summed E-state index contributed by atoms with van der Waals surface area (Å²) in [6.07, 6.45) is 2.72. The second kappa shape index (κ2) is 3.60. The van der Waals surface area contributed by atoms with Gasteiger partial charge in [0.2, 0.25) is 0 Å². The third-order valence-electron chi connectivity index (χ3n) is 1.72. The van der Waals surface area contributed by atoms with E-state index in [0.717, 1.165) is 14.7 Å². The molecule has 1 fully saturated rings. The minimum atomic E-state index is 0.806. The highest BCUT2D eigenvalue weighted by atomic mass is 79.9. The highest BCUT2D eigenvalue weighted by Crippen LogP contribution is 2.40. The Hall–Kier alpha value is 0.340. The van der Waals surface area contributed by atoms with E-state index in [0.29, 0.717) is 0 Å². The highest BCUT2D eigenvalue weighted by molar-refractivity contribution is 9.10. The van der Waals surface area contributed by atoms with Gasteiger partial charge >= 0.3 is 0 Å². The van der Waals surface area contributed by atoms with Crippen LogP contribution >= 0.6 is 39.3 Å². The van der Waals surface area contributed by atoms with Crippen molar-refractivity contribution in [3.05, 3.63) is 27.7 Å². The molecule has 0 unspecified atom stereocenters. The SMILES string of the molecule is Clc1cc(SC2CC2)ccc1Br. The van der Waals surface area contributed by atoms with Crippen LogP contribution < -0.4 is 0 Å². The molecule has 0 N–H and O–H groups in total. The van der Waals surface area contributed by atoms with Gasteiger partial charge in [-0.25, -0.2) is 0 Å². The fraction of sp³-hybridized carbons (Fsp3) is 0.333. The summed E-state index contributed by atoms with van der Waals surface area (Å²) in [7, 11) is 0. The van der Waals surface area contributed by atoms with E-state index in [1.807, 2.05) is 23.9 Å². The summed E-state index contributed by atoms with van der Waals surface area (Å²) in [5.74, 6) is 0. The van der Waals surface area contributed by atoms with Gasteiger partial charge in [-0.1, -0.05) is 11.6 Å². The first-order valence-electron chi connectivity index (χ1n) is 3.87. The van der Waals surface area contributed by atoms with Crippen molar-refractivity contribution < 1.29 is 0 Å². The van der Waals surface area contributed by atoms with Gasteiger partial charge in [-0.2, -0.15) is 0 Å². The zero-order valence-electron chi connectivity index (χ0n) is 6.39. The van der Waals surface area contributed by atoms with Crippen LogP contribution in [-0.2, 0) is 0 Å². The van der Waals surface area contributed by atoms with Crippen LogP contribution in [0.4, 0.5) is 0 Å². The summed E-state index contributed by atoms with van der Waals surface area (Å²) in [6.45, 7) is 0. The lowest BCUT2D eigenvalue weighted by atomic mass is 10.4. The first-order chi connectivity index (χ1) is 5.75. The summed E-state index contributed by atoms with van der Waals surface area (Å²) >= 11 is 11.3. The van der Waals surface area contributed by atoms with Crippen molar-refractivity contribution in [3.63, 3.8) is 0 Å². The number of halogens is 2. The number of thioether (sulfide) groups is 1. The van der Waals surface area contributed by atoms with Gasteiger partial charge in [-0.05, 0) is 47.0 Å². The van der Waals surface area contributed by atoms with Gasteiger partial charge in [0.05, 0.1) is 5.02 Å². The number of hydrogen-bond acceptors (Lipinski definition) is 1. The van der Waals surface area contributed by atoms with Crippen LogP contribution in [0, 0.1) is 0 Å². The van der Waals surface area contributed by atoms with Gasteiger partial charge < -0.3 is 0 Å². The summed E-state index contributed by atoms with van der Waals surface area (Å²) in [4.78, 5) is 1.28. The summed E-state index contributed by atoms with van der Waals surface area (Å²) in [5, 5.41) is 1.66. The molecule has 64 valence electrons. The lowest BCUT2D eigenvalue weighted by Crippen LogP contribution is -1.76. The van der Waals surface area contributed by atoms with Gasteiger partial charge in [0, 0.05) is 14.6 Å². The minimum Gasteiger partial charge on any atom is -0.123 e. The second-order valence-corrected chi connectivity index (χ2v) is 5.53. The summed E-state index contributed by atoms with van der Waals surface area (Å²) in [5.41, 5.74) is 0. The first-order valence-corrected chi connectivity index (χ1v) is 5.92. The minimum absolute atomic E-state index is 0.806. The van der Waals surface area contributed by atoms with Gasteiger partial charge in [-0.3, -0.25) is 0 Å². The van der Waals surface area contributed by atoms with Crippen molar-refractivity contribution in [1.29, 1.82) is 0 Å². The third-order valence-corrected chi connectivity index (χ3v) is 4.28. The van der Waals surface area contributed by atoms with Crippen LogP contribution in [0.1, 0.15) is 12.8 Å². The van der Waals surface area contributed by atoms with Gasteiger partial charge in [0.1, 0.15) is 0 Å². The van der Waals surface area contributed by atoms with E-state index in [9.17, 15) is 0 Å². The Labute approximate surface area is 89.8 Å². The molecule has 1 aromatic carbocycles. The van der Waals surface area contributed by atoms with Crippen molar-refractivity contribution in [3.8, 4) is 0 Å². The molecule has 12 heavy (non-hydrogen) atoms. The van der Waals surface area contributed by atoms with Crippen molar-refractivity contribution in [2.75, 3.05) is 0 Å². The number of benzene rings is 1. The molecule has 0 aliphatic heterocycles. The van der Waals surface area contributed by atoms with Crippen LogP contribution in [-0.4, -0.2) is 5.25 Å². The van der Waals surface area contributed by atoms with Crippen LogP contribution in [0.5, 0.6) is 0 Å². The fourth-order valence-electron chi connectivity index (χ4n) is 0.929. The van der Waals surface area contributed by atoms with E-state index in [-0.39, 0.29) is 0 Å². The molecule has 1 aromatic rings. The van der Waals surface area contributed by atoms with Crippen molar-refractivity contribution >= 4 is 39.3 Å². The van der Waals surface area contributed by atoms with E-state index >= 15 is 0 Å². The first kappa shape index (κ1) is 8.92. The normalized spacial score (nSPS) is 16.5. The lowest BCUT2D eigenvalue weighted by molar-refractivity contribution is 1.41. The van der Waals surface area contributed by atoms with Crippen LogP contribution in [0.3, 0.4) is 0 Å². The monoisotopic (exact) mass is 262 g/mol. The Kier molecular flexibility index (Phi) is 2.68. The van der Waals surface area contributed by atoms with Gasteiger partial charge in [0.25, 0.3) is 0 Å². The van der Waals surface area contributed by atoms with Crippen molar-refractivity contribution in [2.45, 2.75) is 23.0 Å². The maximum Gasteiger partial charge on any atom is 0.0559 e. The highest BCUT2D eigenvalue weighted by Gasteiger charge is 2.22. The molecule has 2 rings (SSSR count). The Morgan fingerprint density at radius 2 is 2.17 bits per heavy atom. The van der Waals surface area contributed by atoms with E-state index in [2.05, 4.69) is 22.0 Å². The predicted octanol–water partition coefficient (Wildman–Crippen LogP) is 4.36. The second-order valence-electron chi connectivity index (χ2n) is 2.89. The van der Waals surface area contributed by atoms with E-state index < -0.39 is 0 Å². The predicted molar refractivity (Wildman–Crippen MR) is 58.0 cm³/mol. The Morgan fingerprint density at radius 1 is 1.42 bits per heavy atom. The van der Waals surface area contributed by atoms with Crippen LogP contribution in [0.2, 0.25) is 5.02 Å². The molecular formula is C9H8BrClS. The molecule has 0 spiro atoms. The zero-order valence-corrected chi connectivity index (χ0v) is 9.55. The number of hydrogen-bond donors (Lipinski definition) is 0. The Bertz CT molecular complexity index is 297. The third kappa shape index (κ3) is 2.18. The molecule has 0 radical (unpaired) electrons. The largest absolute Gasteiger partial charge is 0.123 e. The molecule has 0 heterocycles. The van der Waals surface area contributed by atoms with Crippen molar-refractivity contribution in [1.82, 2.24) is 0 Å². The maximum atomic E-state index is 5.96. The number of rotatable bonds is 2. The molecule has 0 nitrogen and oxygen atoms in total. The summed E-state index contributed by atoms with van der Waals surface area (Å²) in [6, 6.07) is 6.14. The van der Waals surface area contributed by atoms with Gasteiger partial charge in [-0.15, -0.1) is 11.8 Å². The van der Waals surface area contributed by atoms with Gasteiger partial charge in [0.15, 0.2) is 0 Å². The fourth-order valence-corrected chi connectivity index (χ4v) is 2.51. The van der Waals surface area contributed by atoms with E-state index in [1.165, 1.54) is 17.7 Å². The molecule has 1 saturated carbocycles. The zero-order chi connectivity index (χ0) is 8.55. The molecule has 0 aromatic heterocycles. The molecule has 0 amide bonds. The molecule has 1 aliphatic rings. The maximum absolute atomic E-state index is 5.96. The lowest BCUT2D eigenvalue weighted by Gasteiger charge is -2.00. The molecular weight excluding hydrogens is 256 g/mol. The Morgan fingerprint density at radius 3 is 2.75 bits per heavy atom.